The van der Waals surface area contributed by atoms with E-state index >= 15 is 0 Å². The first-order chi connectivity index (χ1) is 6.36. The summed E-state index contributed by atoms with van der Waals surface area (Å²) in [5.74, 6) is 0.464. The van der Waals surface area contributed by atoms with Gasteiger partial charge >= 0.3 is 5.97 Å². The van der Waals surface area contributed by atoms with E-state index in [0.717, 1.165) is 5.75 Å². The first kappa shape index (κ1) is 13.3. The molecule has 4 nitrogen and oxygen atoms in total. The van der Waals surface area contributed by atoms with E-state index in [1.54, 1.807) is 13.8 Å². The minimum atomic E-state index is -0.787. The van der Waals surface area contributed by atoms with Crippen LogP contribution in [0.5, 0.6) is 0 Å². The molecule has 2 N–H and O–H groups in total. The van der Waals surface area contributed by atoms with Crippen LogP contribution in [0.3, 0.4) is 0 Å². The third-order valence-corrected chi connectivity index (χ3v) is 3.08. The van der Waals surface area contributed by atoms with E-state index in [4.69, 9.17) is 5.11 Å². The predicted octanol–water partition coefficient (Wildman–Crippen LogP) is 0.967. The number of hydrogen-bond acceptors (Lipinski definition) is 3. The van der Waals surface area contributed by atoms with Crippen molar-refractivity contribution in [3.63, 3.8) is 0 Å². The number of rotatable bonds is 6. The smallest absolute Gasteiger partial charge is 0.309 e. The van der Waals surface area contributed by atoms with Gasteiger partial charge in [0.2, 0.25) is 5.91 Å². The van der Waals surface area contributed by atoms with Gasteiger partial charge in [-0.05, 0) is 13.8 Å². The molecule has 0 saturated carbocycles. The maximum Gasteiger partial charge on any atom is 0.309 e. The third kappa shape index (κ3) is 5.85. The van der Waals surface area contributed by atoms with Crippen LogP contribution in [0.2, 0.25) is 0 Å². The van der Waals surface area contributed by atoms with Crippen molar-refractivity contribution >= 4 is 23.6 Å². The number of aliphatic carboxylic acids is 1. The molecule has 0 atom stereocenters. The van der Waals surface area contributed by atoms with E-state index in [-0.39, 0.29) is 5.91 Å². The molecule has 1 amide bonds. The number of thioether (sulfide) groups is 1. The molecule has 14 heavy (non-hydrogen) atoms. The summed E-state index contributed by atoms with van der Waals surface area (Å²) in [5, 5.41) is 11.5. The van der Waals surface area contributed by atoms with Crippen LogP contribution in [0.4, 0.5) is 0 Å². The highest BCUT2D eigenvalue weighted by atomic mass is 32.2. The maximum atomic E-state index is 10.7. The van der Waals surface area contributed by atoms with Gasteiger partial charge < -0.3 is 10.4 Å². The monoisotopic (exact) mass is 219 g/mol. The van der Waals surface area contributed by atoms with Crippen molar-refractivity contribution in [2.75, 3.05) is 18.1 Å². The lowest BCUT2D eigenvalue weighted by molar-refractivity contribution is -0.145. The van der Waals surface area contributed by atoms with E-state index < -0.39 is 11.4 Å². The normalized spacial score (nSPS) is 11.1. The van der Waals surface area contributed by atoms with Gasteiger partial charge in [0.15, 0.2) is 0 Å². The largest absolute Gasteiger partial charge is 0.481 e. The summed E-state index contributed by atoms with van der Waals surface area (Å²) in [6.45, 7) is 5.45. The first-order valence-electron chi connectivity index (χ1n) is 4.42. The standard InChI is InChI=1S/C9H17NO3S/c1-7(11)10-4-5-14-6-9(2,3)8(12)13/h4-6H2,1-3H3,(H,10,11)(H,12,13). The molecule has 82 valence electrons. The maximum absolute atomic E-state index is 10.7. The van der Waals surface area contributed by atoms with Crippen LogP contribution in [0, 0.1) is 5.41 Å². The molecule has 5 heteroatoms. The molecule has 0 aliphatic rings. The van der Waals surface area contributed by atoms with Crippen molar-refractivity contribution in [1.82, 2.24) is 5.32 Å². The van der Waals surface area contributed by atoms with Gasteiger partial charge in [-0.3, -0.25) is 9.59 Å². The lowest BCUT2D eigenvalue weighted by atomic mass is 9.97. The Morgan fingerprint density at radius 3 is 2.43 bits per heavy atom. The third-order valence-electron chi connectivity index (χ3n) is 1.66. The zero-order chi connectivity index (χ0) is 11.2. The van der Waals surface area contributed by atoms with Crippen LogP contribution in [0.1, 0.15) is 20.8 Å². The van der Waals surface area contributed by atoms with E-state index in [9.17, 15) is 9.59 Å². The Bertz CT molecular complexity index is 216. The van der Waals surface area contributed by atoms with Crippen molar-refractivity contribution in [3.8, 4) is 0 Å². The van der Waals surface area contributed by atoms with Crippen molar-refractivity contribution in [2.24, 2.45) is 5.41 Å². The number of carboxylic acid groups (broad SMARTS) is 1. The highest BCUT2D eigenvalue weighted by molar-refractivity contribution is 7.99. The highest BCUT2D eigenvalue weighted by Crippen LogP contribution is 2.21. The van der Waals surface area contributed by atoms with Crippen LogP contribution in [0.15, 0.2) is 0 Å². The van der Waals surface area contributed by atoms with Crippen LogP contribution in [-0.4, -0.2) is 35.0 Å². The highest BCUT2D eigenvalue weighted by Gasteiger charge is 2.26. The fourth-order valence-corrected chi connectivity index (χ4v) is 1.71. The topological polar surface area (TPSA) is 66.4 Å². The summed E-state index contributed by atoms with van der Waals surface area (Å²) >= 11 is 1.53. The zero-order valence-corrected chi connectivity index (χ0v) is 9.61. The Morgan fingerprint density at radius 1 is 1.43 bits per heavy atom. The van der Waals surface area contributed by atoms with Gasteiger partial charge in [0, 0.05) is 25.0 Å². The number of carbonyl (C=O) groups excluding carboxylic acids is 1. The summed E-state index contributed by atoms with van der Waals surface area (Å²) in [5.41, 5.74) is -0.694. The summed E-state index contributed by atoms with van der Waals surface area (Å²) in [6, 6.07) is 0. The number of hydrogen-bond donors (Lipinski definition) is 2. The minimum Gasteiger partial charge on any atom is -0.481 e. The van der Waals surface area contributed by atoms with Gasteiger partial charge in [0.05, 0.1) is 5.41 Å². The van der Waals surface area contributed by atoms with Crippen LogP contribution in [0.25, 0.3) is 0 Å². The molecule has 0 spiro atoms. The van der Waals surface area contributed by atoms with E-state index in [1.165, 1.54) is 18.7 Å². The molecule has 0 unspecified atom stereocenters. The molecule has 0 aromatic rings. The molecule has 0 aliphatic carbocycles. The predicted molar refractivity (Wildman–Crippen MR) is 57.4 cm³/mol. The molecule has 0 heterocycles. The molecule has 0 bridgehead atoms. The summed E-state index contributed by atoms with van der Waals surface area (Å²) < 4.78 is 0. The second-order valence-electron chi connectivity index (χ2n) is 3.72. The van der Waals surface area contributed by atoms with E-state index in [1.807, 2.05) is 0 Å². The fraction of sp³-hybridized carbons (Fsp3) is 0.778. The van der Waals surface area contributed by atoms with Gasteiger partial charge in [0.25, 0.3) is 0 Å². The SMILES string of the molecule is CC(=O)NCCSCC(C)(C)C(=O)O. The summed E-state index contributed by atoms with van der Waals surface area (Å²) in [7, 11) is 0. The van der Waals surface area contributed by atoms with Crippen molar-refractivity contribution in [2.45, 2.75) is 20.8 Å². The van der Waals surface area contributed by atoms with Gasteiger partial charge in [-0.25, -0.2) is 0 Å². The average molecular weight is 219 g/mol. The second-order valence-corrected chi connectivity index (χ2v) is 4.83. The number of nitrogens with one attached hydrogen (secondary N) is 1. The number of carbonyl (C=O) groups is 2. The van der Waals surface area contributed by atoms with Gasteiger partial charge in [0.1, 0.15) is 0 Å². The number of amides is 1. The molecule has 0 saturated heterocycles. The van der Waals surface area contributed by atoms with Crippen LogP contribution < -0.4 is 5.32 Å². The van der Waals surface area contributed by atoms with Crippen LogP contribution in [-0.2, 0) is 9.59 Å². The van der Waals surface area contributed by atoms with Crippen LogP contribution >= 0.6 is 11.8 Å². The molecule has 0 aromatic carbocycles. The van der Waals surface area contributed by atoms with Crippen molar-refractivity contribution < 1.29 is 14.7 Å². The van der Waals surface area contributed by atoms with Crippen molar-refractivity contribution in [1.29, 1.82) is 0 Å². The number of carboxylic acids is 1. The Labute approximate surface area is 88.4 Å². The molecule has 0 aromatic heterocycles. The quantitative estimate of drug-likeness (QED) is 0.653. The summed E-state index contributed by atoms with van der Waals surface area (Å²) in [6.07, 6.45) is 0. The lowest BCUT2D eigenvalue weighted by Gasteiger charge is -2.18. The minimum absolute atomic E-state index is 0.0527. The second kappa shape index (κ2) is 5.90. The van der Waals surface area contributed by atoms with Gasteiger partial charge in [-0.2, -0.15) is 11.8 Å². The molecular formula is C9H17NO3S. The fourth-order valence-electron chi connectivity index (χ4n) is 0.688. The molecule has 0 radical (unpaired) electrons. The first-order valence-corrected chi connectivity index (χ1v) is 5.57. The zero-order valence-electron chi connectivity index (χ0n) is 8.79. The van der Waals surface area contributed by atoms with E-state index in [0.29, 0.717) is 12.3 Å². The van der Waals surface area contributed by atoms with Gasteiger partial charge in [-0.15, -0.1) is 0 Å². The van der Waals surface area contributed by atoms with E-state index in [2.05, 4.69) is 5.32 Å². The molecule has 0 rings (SSSR count). The molecule has 0 aliphatic heterocycles. The Morgan fingerprint density at radius 2 is 2.00 bits per heavy atom. The Balaban J connectivity index is 3.54. The Kier molecular flexibility index (Phi) is 5.60. The average Bonchev–Trinajstić information content (AvgIpc) is 2.02. The van der Waals surface area contributed by atoms with Gasteiger partial charge in [-0.1, -0.05) is 0 Å². The summed E-state index contributed by atoms with van der Waals surface area (Å²) in [4.78, 5) is 21.2. The molecular weight excluding hydrogens is 202 g/mol. The molecule has 0 fully saturated rings. The lowest BCUT2D eigenvalue weighted by Crippen LogP contribution is -2.27. The Hall–Kier alpha value is -0.710. The van der Waals surface area contributed by atoms with Crippen molar-refractivity contribution in [3.05, 3.63) is 0 Å².